The molecule has 0 amide bonds. The lowest BCUT2D eigenvalue weighted by Gasteiger charge is -2.19. The van der Waals surface area contributed by atoms with Gasteiger partial charge in [0.2, 0.25) is 0 Å². The van der Waals surface area contributed by atoms with Crippen LogP contribution >= 0.6 is 0 Å². The SMILES string of the molecule is COC(=O)c1ccc2c(c1)CCCC(c1ccc(C)cc1F)=C2c1ccc(O[C@H]2CCN(CCCF)C2)cc1. The topological polar surface area (TPSA) is 38.8 Å². The van der Waals surface area contributed by atoms with Gasteiger partial charge in [0, 0.05) is 25.2 Å². The van der Waals surface area contributed by atoms with Crippen molar-refractivity contribution >= 4 is 17.1 Å². The highest BCUT2D eigenvalue weighted by molar-refractivity contribution is 6.01. The Hall–Kier alpha value is -3.51. The summed E-state index contributed by atoms with van der Waals surface area (Å²) in [6.07, 6.45) is 3.90. The van der Waals surface area contributed by atoms with Crippen LogP contribution in [0.4, 0.5) is 8.78 Å². The van der Waals surface area contributed by atoms with Gasteiger partial charge in [0.25, 0.3) is 0 Å². The molecule has 3 aromatic rings. The molecule has 0 aromatic heterocycles. The number of likely N-dealkylation sites (tertiary alicyclic amines) is 1. The monoisotopic (exact) mass is 531 g/mol. The van der Waals surface area contributed by atoms with Gasteiger partial charge in [-0.05, 0) is 103 Å². The summed E-state index contributed by atoms with van der Waals surface area (Å²) in [6, 6.07) is 19.1. The Balaban J connectivity index is 1.51. The molecule has 3 aromatic carbocycles. The molecule has 204 valence electrons. The highest BCUT2D eigenvalue weighted by Gasteiger charge is 2.25. The van der Waals surface area contributed by atoms with Crippen LogP contribution in [0.15, 0.2) is 60.7 Å². The number of hydrogen-bond donors (Lipinski definition) is 0. The Kier molecular flexibility index (Phi) is 8.41. The number of allylic oxidation sites excluding steroid dienone is 1. The van der Waals surface area contributed by atoms with Gasteiger partial charge in [-0.1, -0.05) is 30.3 Å². The van der Waals surface area contributed by atoms with E-state index in [9.17, 15) is 9.18 Å². The Morgan fingerprint density at radius 2 is 1.82 bits per heavy atom. The second-order valence-electron chi connectivity index (χ2n) is 10.4. The number of alkyl halides is 1. The first kappa shape index (κ1) is 27.1. The van der Waals surface area contributed by atoms with Gasteiger partial charge in [-0.25, -0.2) is 9.18 Å². The van der Waals surface area contributed by atoms with Crippen LogP contribution in [0, 0.1) is 12.7 Å². The van der Waals surface area contributed by atoms with Crippen molar-refractivity contribution in [3.8, 4) is 5.75 Å². The standard InChI is InChI=1S/C33H35F2NO3/c1-22-7-13-29(31(35)19-22)30-6-3-5-24-20-25(33(37)38-2)10-14-28(24)32(30)23-8-11-26(12-9-23)39-27-15-18-36(21-27)17-4-16-34/h7-14,19-20,27H,3-6,15-18,21H2,1-2H3/t27-/m0/s1. The number of aryl methyl sites for hydroxylation is 2. The van der Waals surface area contributed by atoms with E-state index in [0.717, 1.165) is 78.0 Å². The zero-order chi connectivity index (χ0) is 27.4. The molecule has 39 heavy (non-hydrogen) atoms. The Morgan fingerprint density at radius 1 is 1.03 bits per heavy atom. The van der Waals surface area contributed by atoms with Crippen LogP contribution in [0.3, 0.4) is 0 Å². The normalized spacial score (nSPS) is 17.6. The number of hydrogen-bond acceptors (Lipinski definition) is 4. The van der Waals surface area contributed by atoms with E-state index in [4.69, 9.17) is 9.47 Å². The summed E-state index contributed by atoms with van der Waals surface area (Å²) in [6.45, 7) is 4.09. The lowest BCUT2D eigenvalue weighted by Crippen LogP contribution is -2.26. The van der Waals surface area contributed by atoms with E-state index in [0.29, 0.717) is 24.0 Å². The molecule has 4 nitrogen and oxygen atoms in total. The van der Waals surface area contributed by atoms with Gasteiger partial charge in [-0.2, -0.15) is 0 Å². The second kappa shape index (κ2) is 12.1. The molecule has 0 saturated carbocycles. The van der Waals surface area contributed by atoms with Crippen molar-refractivity contribution in [3.05, 3.63) is 99.9 Å². The Morgan fingerprint density at radius 3 is 2.56 bits per heavy atom. The summed E-state index contributed by atoms with van der Waals surface area (Å²) < 4.78 is 39.1. The third-order valence-corrected chi connectivity index (χ3v) is 7.70. The van der Waals surface area contributed by atoms with E-state index in [-0.39, 0.29) is 24.6 Å². The fourth-order valence-corrected chi connectivity index (χ4v) is 5.77. The second-order valence-corrected chi connectivity index (χ2v) is 10.4. The minimum Gasteiger partial charge on any atom is -0.489 e. The first-order chi connectivity index (χ1) is 19.0. The van der Waals surface area contributed by atoms with Crippen LogP contribution in [0.5, 0.6) is 5.75 Å². The quantitative estimate of drug-likeness (QED) is 0.293. The average Bonchev–Trinajstić information content (AvgIpc) is 3.30. The lowest BCUT2D eigenvalue weighted by molar-refractivity contribution is 0.0600. The van der Waals surface area contributed by atoms with Gasteiger partial charge in [0.15, 0.2) is 0 Å². The molecule has 1 saturated heterocycles. The van der Waals surface area contributed by atoms with E-state index >= 15 is 4.39 Å². The fourth-order valence-electron chi connectivity index (χ4n) is 5.77. The van der Waals surface area contributed by atoms with Crippen molar-refractivity contribution in [1.29, 1.82) is 0 Å². The Bertz CT molecular complexity index is 1370. The highest BCUT2D eigenvalue weighted by atomic mass is 19.1. The molecule has 1 atom stereocenters. The summed E-state index contributed by atoms with van der Waals surface area (Å²) in [4.78, 5) is 14.5. The maximum atomic E-state index is 15.3. The molecule has 0 unspecified atom stereocenters. The van der Waals surface area contributed by atoms with E-state index < -0.39 is 0 Å². The third kappa shape index (κ3) is 6.06. The van der Waals surface area contributed by atoms with Crippen molar-refractivity contribution in [2.45, 2.75) is 45.1 Å². The molecule has 0 spiro atoms. The van der Waals surface area contributed by atoms with Gasteiger partial charge in [-0.3, -0.25) is 9.29 Å². The van der Waals surface area contributed by atoms with Crippen LogP contribution in [0.1, 0.15) is 63.9 Å². The lowest BCUT2D eigenvalue weighted by atomic mass is 9.87. The number of fused-ring (bicyclic) bond motifs is 1. The number of carbonyl (C=O) groups excluding carboxylic acids is 1. The summed E-state index contributed by atoms with van der Waals surface area (Å²) >= 11 is 0. The van der Waals surface area contributed by atoms with Crippen LogP contribution in [0.2, 0.25) is 0 Å². The number of nitrogens with zero attached hydrogens (tertiary/aromatic N) is 1. The predicted octanol–water partition coefficient (Wildman–Crippen LogP) is 7.03. The van der Waals surface area contributed by atoms with Gasteiger partial charge in [0.05, 0.1) is 19.3 Å². The zero-order valence-electron chi connectivity index (χ0n) is 22.6. The smallest absolute Gasteiger partial charge is 0.337 e. The Labute approximate surface area is 229 Å². The first-order valence-electron chi connectivity index (χ1n) is 13.7. The van der Waals surface area contributed by atoms with Crippen LogP contribution < -0.4 is 4.74 Å². The number of halogens is 2. The summed E-state index contributed by atoms with van der Waals surface area (Å²) in [7, 11) is 1.38. The summed E-state index contributed by atoms with van der Waals surface area (Å²) in [5.74, 6) is 0.194. The minimum absolute atomic E-state index is 0.0854. The third-order valence-electron chi connectivity index (χ3n) is 7.70. The van der Waals surface area contributed by atoms with E-state index in [1.54, 1.807) is 12.1 Å². The van der Waals surface area contributed by atoms with Crippen molar-refractivity contribution in [2.24, 2.45) is 0 Å². The van der Waals surface area contributed by atoms with Crippen LogP contribution in [-0.4, -0.2) is 50.4 Å². The number of methoxy groups -OCH3 is 1. The van der Waals surface area contributed by atoms with E-state index in [1.165, 1.54) is 7.11 Å². The molecule has 0 bridgehead atoms. The molecule has 1 aliphatic carbocycles. The fraction of sp³-hybridized carbons (Fsp3) is 0.364. The van der Waals surface area contributed by atoms with E-state index in [1.807, 2.05) is 55.5 Å². The van der Waals surface area contributed by atoms with E-state index in [2.05, 4.69) is 4.90 Å². The number of carbonyl (C=O) groups is 1. The van der Waals surface area contributed by atoms with Crippen molar-refractivity contribution in [3.63, 3.8) is 0 Å². The largest absolute Gasteiger partial charge is 0.489 e. The van der Waals surface area contributed by atoms with Crippen molar-refractivity contribution in [1.82, 2.24) is 4.90 Å². The van der Waals surface area contributed by atoms with Crippen molar-refractivity contribution in [2.75, 3.05) is 33.4 Å². The highest BCUT2D eigenvalue weighted by Crippen LogP contribution is 2.41. The average molecular weight is 532 g/mol. The van der Waals surface area contributed by atoms with Crippen LogP contribution in [0.25, 0.3) is 11.1 Å². The molecule has 6 heteroatoms. The first-order valence-corrected chi connectivity index (χ1v) is 13.7. The molecule has 0 radical (unpaired) electrons. The minimum atomic E-state index is -0.367. The van der Waals surface area contributed by atoms with Gasteiger partial charge in [0.1, 0.15) is 17.7 Å². The molecular weight excluding hydrogens is 496 g/mol. The van der Waals surface area contributed by atoms with Gasteiger partial charge in [-0.15, -0.1) is 0 Å². The maximum Gasteiger partial charge on any atom is 0.337 e. The zero-order valence-corrected chi connectivity index (χ0v) is 22.6. The molecule has 1 aliphatic heterocycles. The van der Waals surface area contributed by atoms with Crippen molar-refractivity contribution < 1.29 is 23.0 Å². The van der Waals surface area contributed by atoms with Gasteiger partial charge < -0.3 is 9.47 Å². The molecule has 1 heterocycles. The molecule has 0 N–H and O–H groups in total. The molecule has 1 fully saturated rings. The molecule has 2 aliphatic rings. The predicted molar refractivity (Wildman–Crippen MR) is 150 cm³/mol. The molecular formula is C33H35F2NO3. The number of benzene rings is 3. The van der Waals surface area contributed by atoms with Gasteiger partial charge >= 0.3 is 5.97 Å². The summed E-state index contributed by atoms with van der Waals surface area (Å²) in [5, 5.41) is 0. The maximum absolute atomic E-state index is 15.3. The summed E-state index contributed by atoms with van der Waals surface area (Å²) in [5.41, 5.74) is 6.98. The van der Waals surface area contributed by atoms with Crippen LogP contribution in [-0.2, 0) is 11.2 Å². The number of ether oxygens (including phenoxy) is 2. The molecule has 5 rings (SSSR count). The number of rotatable bonds is 8. The number of esters is 1.